The van der Waals surface area contributed by atoms with Gasteiger partial charge >= 0.3 is 0 Å². The number of nitro benzene ring substituents is 1. The van der Waals surface area contributed by atoms with Gasteiger partial charge in [0, 0.05) is 37.8 Å². The Labute approximate surface area is 175 Å². The lowest BCUT2D eigenvalue weighted by Crippen LogP contribution is -2.48. The van der Waals surface area contributed by atoms with Crippen molar-refractivity contribution in [2.24, 2.45) is 0 Å². The molecule has 1 aliphatic rings. The summed E-state index contributed by atoms with van der Waals surface area (Å²) in [6.45, 7) is 2.91. The van der Waals surface area contributed by atoms with Gasteiger partial charge in [-0.3, -0.25) is 19.8 Å². The molecular formula is C24H23N3O3. The molecular weight excluding hydrogens is 378 g/mol. The molecule has 1 fully saturated rings. The third kappa shape index (κ3) is 4.09. The zero-order valence-corrected chi connectivity index (χ0v) is 16.6. The van der Waals surface area contributed by atoms with Crippen LogP contribution in [0.5, 0.6) is 0 Å². The van der Waals surface area contributed by atoms with Gasteiger partial charge in [-0.25, -0.2) is 0 Å². The second-order valence-electron chi connectivity index (χ2n) is 7.37. The first-order chi connectivity index (χ1) is 14.7. The Balaban J connectivity index is 1.57. The Hall–Kier alpha value is -3.51. The summed E-state index contributed by atoms with van der Waals surface area (Å²) in [5.74, 6) is 0. The molecule has 0 saturated carbocycles. The first-order valence-electron chi connectivity index (χ1n) is 10.00. The summed E-state index contributed by atoms with van der Waals surface area (Å²) < 4.78 is 0. The Kier molecular flexibility index (Phi) is 5.86. The summed E-state index contributed by atoms with van der Waals surface area (Å²) in [5.41, 5.74) is 3.34. The van der Waals surface area contributed by atoms with Crippen LogP contribution in [0.1, 0.15) is 27.5 Å². The molecule has 0 amide bonds. The van der Waals surface area contributed by atoms with Gasteiger partial charge in [-0.1, -0.05) is 60.7 Å². The highest BCUT2D eigenvalue weighted by molar-refractivity contribution is 5.79. The summed E-state index contributed by atoms with van der Waals surface area (Å²) in [6, 6.07) is 25.7. The summed E-state index contributed by atoms with van der Waals surface area (Å²) in [5, 5.41) is 11.5. The van der Waals surface area contributed by atoms with Crippen LogP contribution in [0.3, 0.4) is 0 Å². The van der Waals surface area contributed by atoms with Crippen LogP contribution in [0, 0.1) is 10.1 Å². The van der Waals surface area contributed by atoms with E-state index in [0.29, 0.717) is 30.6 Å². The Morgan fingerprint density at radius 1 is 0.833 bits per heavy atom. The molecule has 0 aromatic heterocycles. The van der Waals surface area contributed by atoms with Crippen LogP contribution in [0.15, 0.2) is 78.9 Å². The Bertz CT molecular complexity index is 977. The Morgan fingerprint density at radius 2 is 1.40 bits per heavy atom. The molecule has 0 radical (unpaired) electrons. The number of nitro groups is 1. The van der Waals surface area contributed by atoms with Gasteiger partial charge in [-0.15, -0.1) is 0 Å². The van der Waals surface area contributed by atoms with Crippen LogP contribution in [0.25, 0.3) is 0 Å². The highest BCUT2D eigenvalue weighted by atomic mass is 16.6. The van der Waals surface area contributed by atoms with E-state index >= 15 is 0 Å². The minimum Gasteiger partial charge on any atom is -0.363 e. The predicted molar refractivity (Wildman–Crippen MR) is 117 cm³/mol. The first-order valence-corrected chi connectivity index (χ1v) is 10.00. The van der Waals surface area contributed by atoms with Crippen molar-refractivity contribution in [3.8, 4) is 0 Å². The van der Waals surface area contributed by atoms with E-state index in [4.69, 9.17) is 0 Å². The molecule has 3 aromatic rings. The SMILES string of the molecule is O=Cc1ccc(N2CCN(C(c3ccccc3)c3ccccc3)CC2)c([N+](=O)[O-])c1. The maximum absolute atomic E-state index is 11.5. The minimum atomic E-state index is -0.411. The van der Waals surface area contributed by atoms with Gasteiger partial charge in [0.15, 0.2) is 0 Å². The maximum atomic E-state index is 11.5. The Morgan fingerprint density at radius 3 is 1.90 bits per heavy atom. The molecule has 1 heterocycles. The summed E-state index contributed by atoms with van der Waals surface area (Å²) in [6.07, 6.45) is 0.638. The number of piperazine rings is 1. The third-order valence-electron chi connectivity index (χ3n) is 5.58. The van der Waals surface area contributed by atoms with Crippen LogP contribution in [-0.4, -0.2) is 42.3 Å². The number of aldehydes is 1. The van der Waals surface area contributed by atoms with Crippen LogP contribution in [0.2, 0.25) is 0 Å². The van der Waals surface area contributed by atoms with Gasteiger partial charge in [0.25, 0.3) is 5.69 Å². The van der Waals surface area contributed by atoms with Crippen molar-refractivity contribution in [1.82, 2.24) is 4.90 Å². The largest absolute Gasteiger partial charge is 0.363 e. The molecule has 152 valence electrons. The van der Waals surface area contributed by atoms with E-state index in [0.717, 1.165) is 13.1 Å². The number of hydrogen-bond acceptors (Lipinski definition) is 5. The minimum absolute atomic E-state index is 0.0179. The van der Waals surface area contributed by atoms with E-state index in [9.17, 15) is 14.9 Å². The topological polar surface area (TPSA) is 66.7 Å². The van der Waals surface area contributed by atoms with Gasteiger partial charge in [-0.05, 0) is 23.3 Å². The monoisotopic (exact) mass is 401 g/mol. The molecule has 1 saturated heterocycles. The van der Waals surface area contributed by atoms with Gasteiger partial charge in [0.05, 0.1) is 11.0 Å². The third-order valence-corrected chi connectivity index (χ3v) is 5.58. The van der Waals surface area contributed by atoms with Crippen molar-refractivity contribution in [2.45, 2.75) is 6.04 Å². The predicted octanol–water partition coefficient (Wildman–Crippen LogP) is 4.32. The van der Waals surface area contributed by atoms with Gasteiger partial charge < -0.3 is 4.90 Å². The van der Waals surface area contributed by atoms with Crippen LogP contribution in [-0.2, 0) is 0 Å². The summed E-state index contributed by atoms with van der Waals surface area (Å²) >= 11 is 0. The summed E-state index contributed by atoms with van der Waals surface area (Å²) in [4.78, 5) is 26.6. The van der Waals surface area contributed by atoms with Crippen LogP contribution < -0.4 is 4.90 Å². The van der Waals surface area contributed by atoms with Gasteiger partial charge in [0.1, 0.15) is 12.0 Å². The average molecular weight is 401 g/mol. The fraction of sp³-hybridized carbons (Fsp3) is 0.208. The number of anilines is 1. The molecule has 0 N–H and O–H groups in total. The van der Waals surface area contributed by atoms with E-state index < -0.39 is 4.92 Å². The lowest BCUT2D eigenvalue weighted by molar-refractivity contribution is -0.384. The number of rotatable bonds is 6. The van der Waals surface area contributed by atoms with Crippen molar-refractivity contribution in [3.05, 3.63) is 106 Å². The van der Waals surface area contributed by atoms with Crippen molar-refractivity contribution < 1.29 is 9.72 Å². The molecule has 0 unspecified atom stereocenters. The quantitative estimate of drug-likeness (QED) is 0.350. The van der Waals surface area contributed by atoms with Gasteiger partial charge in [0.2, 0.25) is 0 Å². The molecule has 6 heteroatoms. The molecule has 1 aliphatic heterocycles. The highest BCUT2D eigenvalue weighted by Gasteiger charge is 2.29. The highest BCUT2D eigenvalue weighted by Crippen LogP contribution is 2.33. The van der Waals surface area contributed by atoms with Gasteiger partial charge in [-0.2, -0.15) is 0 Å². The molecule has 30 heavy (non-hydrogen) atoms. The van der Waals surface area contributed by atoms with Crippen molar-refractivity contribution in [3.63, 3.8) is 0 Å². The molecule has 0 bridgehead atoms. The fourth-order valence-corrected chi connectivity index (χ4v) is 4.13. The number of nitrogens with zero attached hydrogens (tertiary/aromatic N) is 3. The zero-order valence-electron chi connectivity index (χ0n) is 16.6. The lowest BCUT2D eigenvalue weighted by Gasteiger charge is -2.40. The number of benzene rings is 3. The van der Waals surface area contributed by atoms with E-state index in [-0.39, 0.29) is 11.7 Å². The molecule has 6 nitrogen and oxygen atoms in total. The maximum Gasteiger partial charge on any atom is 0.293 e. The number of hydrogen-bond donors (Lipinski definition) is 0. The molecule has 3 aromatic carbocycles. The fourth-order valence-electron chi connectivity index (χ4n) is 4.13. The first kappa shape index (κ1) is 19.8. The van der Waals surface area contributed by atoms with Crippen molar-refractivity contribution in [1.29, 1.82) is 0 Å². The number of carbonyl (C=O) groups excluding carboxylic acids is 1. The van der Waals surface area contributed by atoms with E-state index in [1.807, 2.05) is 17.0 Å². The molecule has 0 atom stereocenters. The van der Waals surface area contributed by atoms with Crippen molar-refractivity contribution in [2.75, 3.05) is 31.1 Å². The smallest absolute Gasteiger partial charge is 0.293 e. The van der Waals surface area contributed by atoms with E-state index in [1.165, 1.54) is 17.2 Å². The standard InChI is InChI=1S/C24H23N3O3/c28-18-19-11-12-22(23(17-19)27(29)30)25-13-15-26(16-14-25)24(20-7-3-1-4-8-20)21-9-5-2-6-10-21/h1-12,17-18,24H,13-16H2. The zero-order chi connectivity index (χ0) is 20.9. The molecule has 0 spiro atoms. The summed E-state index contributed by atoms with van der Waals surface area (Å²) in [7, 11) is 0. The van der Waals surface area contributed by atoms with Crippen LogP contribution in [0.4, 0.5) is 11.4 Å². The van der Waals surface area contributed by atoms with Crippen molar-refractivity contribution >= 4 is 17.7 Å². The molecule has 0 aliphatic carbocycles. The molecule has 4 rings (SSSR count). The average Bonchev–Trinajstić information content (AvgIpc) is 2.81. The normalized spacial score (nSPS) is 14.6. The van der Waals surface area contributed by atoms with E-state index in [2.05, 4.69) is 53.4 Å². The van der Waals surface area contributed by atoms with E-state index in [1.54, 1.807) is 12.1 Å². The second-order valence-corrected chi connectivity index (χ2v) is 7.37. The number of carbonyl (C=O) groups is 1. The lowest BCUT2D eigenvalue weighted by atomic mass is 9.96. The second kappa shape index (κ2) is 8.88. The van der Waals surface area contributed by atoms with Crippen LogP contribution >= 0.6 is 0 Å².